The molecule has 0 spiro atoms. The van der Waals surface area contributed by atoms with E-state index in [0.29, 0.717) is 12.1 Å². The average molecular weight is 325 g/mol. The van der Waals surface area contributed by atoms with E-state index in [1.165, 1.54) is 7.11 Å². The number of hydrogen-bond acceptors (Lipinski definition) is 6. The molecule has 23 heavy (non-hydrogen) atoms. The van der Waals surface area contributed by atoms with Gasteiger partial charge in [-0.3, -0.25) is 14.6 Å². The maximum atomic E-state index is 12.5. The van der Waals surface area contributed by atoms with Gasteiger partial charge in [0, 0.05) is 12.1 Å². The molecule has 0 saturated carbocycles. The highest BCUT2D eigenvalue weighted by atomic mass is 16.5. The van der Waals surface area contributed by atoms with Crippen molar-refractivity contribution in [1.29, 1.82) is 0 Å². The molecule has 0 aromatic carbocycles. The number of Topliss-reactive ketones (excluding diaryl/α,β-unsaturated/α-hetero) is 1. The molecule has 6 nitrogen and oxygen atoms in total. The van der Waals surface area contributed by atoms with Gasteiger partial charge in [0.25, 0.3) is 0 Å². The average Bonchev–Trinajstić information content (AvgIpc) is 2.47. The summed E-state index contributed by atoms with van der Waals surface area (Å²) in [5, 5.41) is 19.6. The molecule has 0 unspecified atom stereocenters. The number of ether oxygens (including phenoxy) is 1. The van der Waals surface area contributed by atoms with E-state index < -0.39 is 17.3 Å². The van der Waals surface area contributed by atoms with Crippen LogP contribution in [0.15, 0.2) is 16.3 Å². The van der Waals surface area contributed by atoms with Crippen LogP contribution < -0.4 is 0 Å². The maximum Gasteiger partial charge on any atom is 0.316 e. The van der Waals surface area contributed by atoms with Crippen LogP contribution in [-0.2, 0) is 14.3 Å². The summed E-state index contributed by atoms with van der Waals surface area (Å²) in [6, 6.07) is 0. The van der Waals surface area contributed by atoms with Crippen LogP contribution in [0.1, 0.15) is 46.5 Å². The molecule has 1 atom stereocenters. The highest BCUT2D eigenvalue weighted by Crippen LogP contribution is 2.42. The van der Waals surface area contributed by atoms with Crippen molar-refractivity contribution >= 4 is 17.5 Å². The van der Waals surface area contributed by atoms with Crippen LogP contribution in [0.5, 0.6) is 0 Å². The summed E-state index contributed by atoms with van der Waals surface area (Å²) < 4.78 is 4.80. The predicted molar refractivity (Wildman–Crippen MR) is 87.5 cm³/mol. The second kappa shape index (κ2) is 8.24. The van der Waals surface area contributed by atoms with E-state index in [-0.39, 0.29) is 36.7 Å². The number of aliphatic hydroxyl groups is 2. The van der Waals surface area contributed by atoms with Gasteiger partial charge >= 0.3 is 5.97 Å². The molecular formula is C17H27NO5. The zero-order valence-corrected chi connectivity index (χ0v) is 14.4. The van der Waals surface area contributed by atoms with E-state index in [1.54, 1.807) is 13.8 Å². The molecular weight excluding hydrogens is 298 g/mol. The Labute approximate surface area is 137 Å². The summed E-state index contributed by atoms with van der Waals surface area (Å²) in [6.07, 6.45) is 2.37. The summed E-state index contributed by atoms with van der Waals surface area (Å²) in [5.41, 5.74) is -0.126. The van der Waals surface area contributed by atoms with Crippen LogP contribution in [-0.4, -0.2) is 47.9 Å². The molecule has 1 aliphatic rings. The van der Waals surface area contributed by atoms with Crippen LogP contribution in [0.2, 0.25) is 0 Å². The van der Waals surface area contributed by atoms with Gasteiger partial charge in [-0.15, -0.1) is 0 Å². The standard InChI is InChI=1S/C17H27NO5/c1-5-6-7-11(18-8-9-19)13-12(20)10-17(2,3)14(15(13)21)16(22)23-4/h14,19,21H,5-10H2,1-4H3/t14-/m1/s1. The lowest BCUT2D eigenvalue weighted by Crippen LogP contribution is -2.41. The van der Waals surface area contributed by atoms with Crippen molar-refractivity contribution in [1.82, 2.24) is 0 Å². The third kappa shape index (κ3) is 4.41. The number of allylic oxidation sites excluding steroid dienone is 1. The molecule has 0 saturated heterocycles. The van der Waals surface area contributed by atoms with E-state index in [9.17, 15) is 14.7 Å². The lowest BCUT2D eigenvalue weighted by atomic mass is 9.67. The zero-order chi connectivity index (χ0) is 17.6. The van der Waals surface area contributed by atoms with Crippen LogP contribution >= 0.6 is 0 Å². The van der Waals surface area contributed by atoms with E-state index in [0.717, 1.165) is 12.8 Å². The number of ketones is 1. The Morgan fingerprint density at radius 1 is 1.43 bits per heavy atom. The fourth-order valence-electron chi connectivity index (χ4n) is 2.93. The maximum absolute atomic E-state index is 12.5. The number of methoxy groups -OCH3 is 1. The Bertz CT molecular complexity index is 519. The van der Waals surface area contributed by atoms with Gasteiger partial charge in [-0.05, 0) is 18.3 Å². The first-order valence-electron chi connectivity index (χ1n) is 7.98. The van der Waals surface area contributed by atoms with Gasteiger partial charge in [-0.1, -0.05) is 27.2 Å². The fourth-order valence-corrected chi connectivity index (χ4v) is 2.93. The topological polar surface area (TPSA) is 96.2 Å². The van der Waals surface area contributed by atoms with Crippen molar-refractivity contribution in [3.8, 4) is 0 Å². The number of esters is 1. The Morgan fingerprint density at radius 2 is 2.09 bits per heavy atom. The number of unbranched alkanes of at least 4 members (excludes halogenated alkanes) is 1. The van der Waals surface area contributed by atoms with Crippen molar-refractivity contribution in [2.24, 2.45) is 16.3 Å². The lowest BCUT2D eigenvalue weighted by Gasteiger charge is -2.36. The molecule has 0 aromatic rings. The molecule has 0 aromatic heterocycles. The third-order valence-corrected chi connectivity index (χ3v) is 4.10. The summed E-state index contributed by atoms with van der Waals surface area (Å²) in [6.45, 7) is 5.56. The normalized spacial score (nSPS) is 21.5. The number of nitrogens with zero attached hydrogens (tertiary/aromatic N) is 1. The second-order valence-electron chi connectivity index (χ2n) is 6.46. The largest absolute Gasteiger partial charge is 0.511 e. The van der Waals surface area contributed by atoms with Gasteiger partial charge < -0.3 is 14.9 Å². The smallest absolute Gasteiger partial charge is 0.316 e. The fraction of sp³-hybridized carbons (Fsp3) is 0.706. The first-order chi connectivity index (χ1) is 10.8. The summed E-state index contributed by atoms with van der Waals surface area (Å²) in [5.74, 6) is -1.93. The SMILES string of the molecule is CCCCC(=NCCO)C1=C(O)[C@H](C(=O)OC)C(C)(C)CC1=O. The second-order valence-corrected chi connectivity index (χ2v) is 6.46. The van der Waals surface area contributed by atoms with Gasteiger partial charge in [-0.25, -0.2) is 0 Å². The van der Waals surface area contributed by atoms with Gasteiger partial charge in [0.2, 0.25) is 0 Å². The first-order valence-corrected chi connectivity index (χ1v) is 7.98. The lowest BCUT2D eigenvalue weighted by molar-refractivity contribution is -0.150. The predicted octanol–water partition coefficient (Wildman–Crippen LogP) is 2.21. The van der Waals surface area contributed by atoms with Crippen molar-refractivity contribution in [2.45, 2.75) is 46.5 Å². The summed E-state index contributed by atoms with van der Waals surface area (Å²) in [7, 11) is 1.26. The molecule has 0 heterocycles. The molecule has 130 valence electrons. The van der Waals surface area contributed by atoms with E-state index in [4.69, 9.17) is 9.84 Å². The van der Waals surface area contributed by atoms with Gasteiger partial charge in [0.15, 0.2) is 5.78 Å². The number of aliphatic hydroxyl groups excluding tert-OH is 2. The monoisotopic (exact) mass is 325 g/mol. The minimum absolute atomic E-state index is 0.127. The molecule has 6 heteroatoms. The first kappa shape index (κ1) is 19.4. The zero-order valence-electron chi connectivity index (χ0n) is 14.4. The minimum Gasteiger partial charge on any atom is -0.511 e. The Kier molecular flexibility index (Phi) is 6.94. The molecule has 0 radical (unpaired) electrons. The van der Waals surface area contributed by atoms with Crippen molar-refractivity contribution in [3.63, 3.8) is 0 Å². The number of carbonyl (C=O) groups excluding carboxylic acids is 2. The van der Waals surface area contributed by atoms with Crippen molar-refractivity contribution < 1.29 is 24.5 Å². The van der Waals surface area contributed by atoms with E-state index in [1.807, 2.05) is 6.92 Å². The molecule has 0 amide bonds. The van der Waals surface area contributed by atoms with Crippen LogP contribution in [0, 0.1) is 11.3 Å². The number of carbonyl (C=O) groups is 2. The summed E-state index contributed by atoms with van der Waals surface area (Å²) in [4.78, 5) is 28.9. The Morgan fingerprint density at radius 3 is 2.61 bits per heavy atom. The molecule has 2 N–H and O–H groups in total. The van der Waals surface area contributed by atoms with Gasteiger partial charge in [-0.2, -0.15) is 0 Å². The molecule has 0 aliphatic heterocycles. The van der Waals surface area contributed by atoms with Gasteiger partial charge in [0.1, 0.15) is 11.7 Å². The van der Waals surface area contributed by atoms with Crippen LogP contribution in [0.25, 0.3) is 0 Å². The van der Waals surface area contributed by atoms with Crippen molar-refractivity contribution in [3.05, 3.63) is 11.3 Å². The quantitative estimate of drug-likeness (QED) is 0.552. The van der Waals surface area contributed by atoms with E-state index in [2.05, 4.69) is 4.99 Å². The Balaban J connectivity index is 3.37. The van der Waals surface area contributed by atoms with Gasteiger partial charge in [0.05, 0.1) is 25.8 Å². The molecule has 0 fully saturated rings. The minimum atomic E-state index is -0.888. The molecule has 0 bridgehead atoms. The molecule has 1 rings (SSSR count). The number of hydrogen-bond donors (Lipinski definition) is 2. The number of rotatable bonds is 7. The Hall–Kier alpha value is -1.69. The van der Waals surface area contributed by atoms with Crippen LogP contribution in [0.4, 0.5) is 0 Å². The number of aliphatic imine (C=N–C) groups is 1. The van der Waals surface area contributed by atoms with Crippen LogP contribution in [0.3, 0.4) is 0 Å². The van der Waals surface area contributed by atoms with Crippen molar-refractivity contribution in [2.75, 3.05) is 20.3 Å². The molecule has 1 aliphatic carbocycles. The third-order valence-electron chi connectivity index (χ3n) is 4.10. The highest BCUT2D eigenvalue weighted by molar-refractivity contribution is 6.23. The summed E-state index contributed by atoms with van der Waals surface area (Å²) >= 11 is 0. The highest BCUT2D eigenvalue weighted by Gasteiger charge is 2.47. The van der Waals surface area contributed by atoms with E-state index >= 15 is 0 Å².